The number of rotatable bonds is 5. The predicted molar refractivity (Wildman–Crippen MR) is 80.6 cm³/mol. The molecule has 0 bridgehead atoms. The van der Waals surface area contributed by atoms with Crippen molar-refractivity contribution in [3.05, 3.63) is 71.3 Å². The van der Waals surface area contributed by atoms with Gasteiger partial charge < -0.3 is 5.32 Å². The van der Waals surface area contributed by atoms with Gasteiger partial charge in [-0.1, -0.05) is 61.5 Å². The highest BCUT2D eigenvalue weighted by atomic mass is 14.9. The van der Waals surface area contributed by atoms with Crippen molar-refractivity contribution >= 4 is 0 Å². The molecule has 1 N–H and O–H groups in total. The third-order valence-electron chi connectivity index (χ3n) is 4.17. The molecule has 0 saturated carbocycles. The number of fused-ring (bicyclic) bond motifs is 1. The number of hydrogen-bond acceptors (Lipinski definition) is 1. The zero-order chi connectivity index (χ0) is 13.1. The van der Waals surface area contributed by atoms with Crippen molar-refractivity contribution in [3.63, 3.8) is 0 Å². The summed E-state index contributed by atoms with van der Waals surface area (Å²) in [5.41, 5.74) is 4.50. The van der Waals surface area contributed by atoms with E-state index in [1.54, 1.807) is 5.56 Å². The van der Waals surface area contributed by atoms with Crippen LogP contribution in [-0.4, -0.2) is 13.1 Å². The van der Waals surface area contributed by atoms with Crippen LogP contribution in [0.1, 0.15) is 35.4 Å². The molecule has 2 unspecified atom stereocenters. The maximum atomic E-state index is 3.63. The monoisotopic (exact) mass is 251 g/mol. The molecule has 2 aromatic carbocycles. The average molecular weight is 251 g/mol. The summed E-state index contributed by atoms with van der Waals surface area (Å²) in [6.45, 7) is 4.45. The van der Waals surface area contributed by atoms with Gasteiger partial charge in [-0.3, -0.25) is 0 Å². The summed E-state index contributed by atoms with van der Waals surface area (Å²) in [5, 5.41) is 3.63. The summed E-state index contributed by atoms with van der Waals surface area (Å²) in [7, 11) is 0. The molecule has 19 heavy (non-hydrogen) atoms. The summed E-state index contributed by atoms with van der Waals surface area (Å²) in [6, 6.07) is 19.6. The van der Waals surface area contributed by atoms with Crippen molar-refractivity contribution in [1.82, 2.24) is 5.32 Å². The van der Waals surface area contributed by atoms with Gasteiger partial charge in [0.2, 0.25) is 0 Å². The standard InChI is InChI=1S/C18H21N/c1-14(15-7-3-2-4-8-15)12-19-13-17-11-16-9-5-6-10-18(16)17/h2-10,14,17,19H,11-13H2,1H3. The van der Waals surface area contributed by atoms with Gasteiger partial charge in [0, 0.05) is 19.0 Å². The smallest absolute Gasteiger partial charge is 0.00237 e. The Morgan fingerprint density at radius 2 is 1.79 bits per heavy atom. The molecule has 1 aliphatic rings. The lowest BCUT2D eigenvalue weighted by Gasteiger charge is -2.30. The van der Waals surface area contributed by atoms with Crippen molar-refractivity contribution < 1.29 is 0 Å². The third kappa shape index (κ3) is 2.71. The molecule has 0 fully saturated rings. The van der Waals surface area contributed by atoms with E-state index in [4.69, 9.17) is 0 Å². The highest BCUT2D eigenvalue weighted by molar-refractivity contribution is 5.40. The molecule has 0 saturated heterocycles. The van der Waals surface area contributed by atoms with E-state index >= 15 is 0 Å². The lowest BCUT2D eigenvalue weighted by molar-refractivity contribution is 0.517. The van der Waals surface area contributed by atoms with Crippen LogP contribution in [-0.2, 0) is 6.42 Å². The van der Waals surface area contributed by atoms with Gasteiger partial charge in [0.25, 0.3) is 0 Å². The van der Waals surface area contributed by atoms with E-state index in [2.05, 4.69) is 66.8 Å². The van der Waals surface area contributed by atoms with Gasteiger partial charge in [-0.15, -0.1) is 0 Å². The Bertz CT molecular complexity index is 530. The van der Waals surface area contributed by atoms with Gasteiger partial charge in [0.15, 0.2) is 0 Å². The summed E-state index contributed by atoms with van der Waals surface area (Å²) in [5.74, 6) is 1.30. The highest BCUT2D eigenvalue weighted by Crippen LogP contribution is 2.34. The molecule has 0 aliphatic heterocycles. The van der Waals surface area contributed by atoms with E-state index < -0.39 is 0 Å². The van der Waals surface area contributed by atoms with Crippen molar-refractivity contribution in [3.8, 4) is 0 Å². The summed E-state index contributed by atoms with van der Waals surface area (Å²) in [6.07, 6.45) is 1.24. The fourth-order valence-electron chi connectivity index (χ4n) is 2.92. The zero-order valence-corrected chi connectivity index (χ0v) is 11.5. The van der Waals surface area contributed by atoms with E-state index in [0.717, 1.165) is 19.0 Å². The van der Waals surface area contributed by atoms with E-state index in [9.17, 15) is 0 Å². The van der Waals surface area contributed by atoms with Crippen molar-refractivity contribution in [2.75, 3.05) is 13.1 Å². The molecule has 1 heteroatoms. The zero-order valence-electron chi connectivity index (χ0n) is 11.5. The first-order chi connectivity index (χ1) is 9.34. The first-order valence-corrected chi connectivity index (χ1v) is 7.18. The van der Waals surface area contributed by atoms with Crippen LogP contribution < -0.4 is 5.32 Å². The Hall–Kier alpha value is -1.60. The lowest BCUT2D eigenvalue weighted by Crippen LogP contribution is -2.31. The first kappa shape index (κ1) is 12.4. The van der Waals surface area contributed by atoms with E-state index in [1.807, 2.05) is 0 Å². The fraction of sp³-hybridized carbons (Fsp3) is 0.333. The van der Waals surface area contributed by atoms with Crippen molar-refractivity contribution in [1.29, 1.82) is 0 Å². The molecule has 2 atom stereocenters. The summed E-state index contributed by atoms with van der Waals surface area (Å²) < 4.78 is 0. The van der Waals surface area contributed by atoms with Gasteiger partial charge in [-0.05, 0) is 29.0 Å². The van der Waals surface area contributed by atoms with Gasteiger partial charge in [0.1, 0.15) is 0 Å². The lowest BCUT2D eigenvalue weighted by atomic mass is 9.77. The second-order valence-corrected chi connectivity index (χ2v) is 5.57. The van der Waals surface area contributed by atoms with Crippen LogP contribution in [0.4, 0.5) is 0 Å². The summed E-state index contributed by atoms with van der Waals surface area (Å²) >= 11 is 0. The Morgan fingerprint density at radius 3 is 2.58 bits per heavy atom. The van der Waals surface area contributed by atoms with Gasteiger partial charge in [0.05, 0.1) is 0 Å². The molecule has 0 heterocycles. The SMILES string of the molecule is CC(CNCC1Cc2ccccc21)c1ccccc1. The predicted octanol–water partition coefficient (Wildman–Crippen LogP) is 3.72. The van der Waals surface area contributed by atoms with Crippen LogP contribution in [0.2, 0.25) is 0 Å². The highest BCUT2D eigenvalue weighted by Gasteiger charge is 2.24. The molecular weight excluding hydrogens is 230 g/mol. The summed E-state index contributed by atoms with van der Waals surface area (Å²) in [4.78, 5) is 0. The van der Waals surface area contributed by atoms with Crippen LogP contribution >= 0.6 is 0 Å². The molecular formula is C18H21N. The van der Waals surface area contributed by atoms with Gasteiger partial charge in [-0.25, -0.2) is 0 Å². The number of benzene rings is 2. The normalized spacial score (nSPS) is 18.5. The molecule has 1 nitrogen and oxygen atoms in total. The molecule has 1 aliphatic carbocycles. The van der Waals surface area contributed by atoms with Crippen LogP contribution in [0.25, 0.3) is 0 Å². The Labute approximate surface area is 115 Å². The molecule has 98 valence electrons. The molecule has 2 aromatic rings. The average Bonchev–Trinajstić information content (AvgIpc) is 2.44. The Kier molecular flexibility index (Phi) is 3.65. The number of hydrogen-bond donors (Lipinski definition) is 1. The van der Waals surface area contributed by atoms with Gasteiger partial charge >= 0.3 is 0 Å². The van der Waals surface area contributed by atoms with Crippen molar-refractivity contribution in [2.24, 2.45) is 0 Å². The van der Waals surface area contributed by atoms with E-state index in [1.165, 1.54) is 17.5 Å². The van der Waals surface area contributed by atoms with E-state index in [-0.39, 0.29) is 0 Å². The van der Waals surface area contributed by atoms with E-state index in [0.29, 0.717) is 5.92 Å². The topological polar surface area (TPSA) is 12.0 Å². The largest absolute Gasteiger partial charge is 0.316 e. The fourth-order valence-corrected chi connectivity index (χ4v) is 2.92. The molecule has 3 rings (SSSR count). The van der Waals surface area contributed by atoms with Crippen LogP contribution in [0.5, 0.6) is 0 Å². The Morgan fingerprint density at radius 1 is 1.05 bits per heavy atom. The van der Waals surface area contributed by atoms with Gasteiger partial charge in [-0.2, -0.15) is 0 Å². The molecule has 0 radical (unpaired) electrons. The second kappa shape index (κ2) is 5.58. The maximum absolute atomic E-state index is 3.63. The third-order valence-corrected chi connectivity index (χ3v) is 4.17. The minimum Gasteiger partial charge on any atom is -0.316 e. The quantitative estimate of drug-likeness (QED) is 0.854. The van der Waals surface area contributed by atoms with Crippen molar-refractivity contribution in [2.45, 2.75) is 25.2 Å². The molecule has 0 spiro atoms. The van der Waals surface area contributed by atoms with Crippen LogP contribution in [0.15, 0.2) is 54.6 Å². The minimum atomic E-state index is 0.580. The first-order valence-electron chi connectivity index (χ1n) is 7.18. The molecule has 0 aromatic heterocycles. The second-order valence-electron chi connectivity index (χ2n) is 5.57. The van der Waals surface area contributed by atoms with Crippen LogP contribution in [0, 0.1) is 0 Å². The van der Waals surface area contributed by atoms with Crippen LogP contribution in [0.3, 0.4) is 0 Å². The number of nitrogens with one attached hydrogen (secondary N) is 1. The maximum Gasteiger partial charge on any atom is 0.00237 e. The minimum absolute atomic E-state index is 0.580. The molecule has 0 amide bonds. The Balaban J connectivity index is 1.48.